The summed E-state index contributed by atoms with van der Waals surface area (Å²) >= 11 is 0. The first-order valence-corrected chi connectivity index (χ1v) is 6.91. The number of nitrogens with zero attached hydrogens (tertiary/aromatic N) is 3. The van der Waals surface area contributed by atoms with Crippen LogP contribution in [0.4, 0.5) is 0 Å². The molecule has 1 amide bonds. The highest BCUT2D eigenvalue weighted by Crippen LogP contribution is 2.07. The first-order chi connectivity index (χ1) is 9.61. The summed E-state index contributed by atoms with van der Waals surface area (Å²) < 4.78 is 1.45. The maximum absolute atomic E-state index is 12.4. The van der Waals surface area contributed by atoms with Gasteiger partial charge in [0.05, 0.1) is 6.61 Å². The van der Waals surface area contributed by atoms with Gasteiger partial charge in [-0.25, -0.2) is 0 Å². The number of aliphatic hydroxyl groups is 1. The van der Waals surface area contributed by atoms with Crippen molar-refractivity contribution < 1.29 is 9.90 Å². The average Bonchev–Trinajstić information content (AvgIpc) is 2.67. The molecule has 0 atom stereocenters. The van der Waals surface area contributed by atoms with Crippen molar-refractivity contribution in [2.75, 3.05) is 39.3 Å². The Hall–Kier alpha value is -1.66. The normalized spacial score (nSPS) is 17.0. The summed E-state index contributed by atoms with van der Waals surface area (Å²) in [5.41, 5.74) is 0.274. The van der Waals surface area contributed by atoms with E-state index < -0.39 is 0 Å². The highest BCUT2D eigenvalue weighted by Gasteiger charge is 2.20. The molecule has 6 nitrogen and oxygen atoms in total. The summed E-state index contributed by atoms with van der Waals surface area (Å²) in [6, 6.07) is 3.07. The van der Waals surface area contributed by atoms with Crippen molar-refractivity contribution in [3.63, 3.8) is 0 Å². The van der Waals surface area contributed by atoms with Crippen molar-refractivity contribution in [1.29, 1.82) is 0 Å². The van der Waals surface area contributed by atoms with Crippen molar-refractivity contribution in [3.05, 3.63) is 34.2 Å². The van der Waals surface area contributed by atoms with Crippen LogP contribution in [0, 0.1) is 0 Å². The van der Waals surface area contributed by atoms with Gasteiger partial charge in [-0.2, -0.15) is 0 Å². The van der Waals surface area contributed by atoms with Gasteiger partial charge >= 0.3 is 0 Å². The highest BCUT2D eigenvalue weighted by atomic mass is 16.3. The fourth-order valence-electron chi connectivity index (χ4n) is 2.40. The van der Waals surface area contributed by atoms with E-state index in [0.717, 1.165) is 19.5 Å². The molecular weight excluding hydrogens is 258 g/mol. The summed E-state index contributed by atoms with van der Waals surface area (Å²) in [5.74, 6) is -0.0893. The molecule has 1 N–H and O–H groups in total. The molecule has 0 saturated carbocycles. The van der Waals surface area contributed by atoms with Crippen LogP contribution >= 0.6 is 0 Å². The molecule has 0 radical (unpaired) electrons. The molecule has 1 aliphatic heterocycles. The Morgan fingerprint density at radius 3 is 2.80 bits per heavy atom. The quantitative estimate of drug-likeness (QED) is 0.812. The van der Waals surface area contributed by atoms with E-state index in [0.29, 0.717) is 25.2 Å². The van der Waals surface area contributed by atoms with E-state index in [2.05, 4.69) is 4.90 Å². The number of rotatable bonds is 3. The first-order valence-electron chi connectivity index (χ1n) is 6.91. The lowest BCUT2D eigenvalue weighted by atomic mass is 10.2. The summed E-state index contributed by atoms with van der Waals surface area (Å²) in [4.78, 5) is 27.9. The second-order valence-corrected chi connectivity index (χ2v) is 5.08. The van der Waals surface area contributed by atoms with Crippen LogP contribution in [0.1, 0.15) is 16.8 Å². The number of aryl methyl sites for hydroxylation is 1. The van der Waals surface area contributed by atoms with Crippen LogP contribution in [0.2, 0.25) is 0 Å². The van der Waals surface area contributed by atoms with Gasteiger partial charge in [0.25, 0.3) is 11.5 Å². The van der Waals surface area contributed by atoms with Crippen LogP contribution in [0.5, 0.6) is 0 Å². The minimum Gasteiger partial charge on any atom is -0.395 e. The Bertz CT molecular complexity index is 527. The Labute approximate surface area is 118 Å². The van der Waals surface area contributed by atoms with Crippen molar-refractivity contribution >= 4 is 5.91 Å². The molecule has 0 spiro atoms. The maximum atomic E-state index is 12.4. The van der Waals surface area contributed by atoms with Gasteiger partial charge in [0.1, 0.15) is 0 Å². The van der Waals surface area contributed by atoms with Gasteiger partial charge in [0.15, 0.2) is 0 Å². The van der Waals surface area contributed by atoms with E-state index in [9.17, 15) is 9.59 Å². The van der Waals surface area contributed by atoms with Crippen molar-refractivity contribution in [2.45, 2.75) is 6.42 Å². The summed E-state index contributed by atoms with van der Waals surface area (Å²) in [6.45, 7) is 3.76. The molecular formula is C14H21N3O3. The first kappa shape index (κ1) is 14.7. The minimum absolute atomic E-state index is 0.0893. The second kappa shape index (κ2) is 6.67. The SMILES string of the molecule is Cn1ccc(C(=O)N2CCCN(CCO)CC2)cc1=O. The smallest absolute Gasteiger partial charge is 0.254 e. The molecule has 6 heteroatoms. The van der Waals surface area contributed by atoms with Gasteiger partial charge < -0.3 is 14.6 Å². The Morgan fingerprint density at radius 1 is 1.30 bits per heavy atom. The van der Waals surface area contributed by atoms with Crippen molar-refractivity contribution in [1.82, 2.24) is 14.4 Å². The number of hydrogen-bond acceptors (Lipinski definition) is 4. The van der Waals surface area contributed by atoms with Gasteiger partial charge in [0.2, 0.25) is 0 Å². The Balaban J connectivity index is 2.05. The molecule has 20 heavy (non-hydrogen) atoms. The zero-order chi connectivity index (χ0) is 14.5. The standard InChI is InChI=1S/C14H21N3O3/c1-15-6-3-12(11-13(15)19)14(20)17-5-2-4-16(7-8-17)9-10-18/h3,6,11,18H,2,4-5,7-10H2,1H3. The summed E-state index contributed by atoms with van der Waals surface area (Å²) in [5, 5.41) is 8.96. The molecule has 0 unspecified atom stereocenters. The average molecular weight is 279 g/mol. The number of hydrogen-bond donors (Lipinski definition) is 1. The van der Waals surface area contributed by atoms with Crippen LogP contribution in [0.15, 0.2) is 23.1 Å². The molecule has 1 saturated heterocycles. The van der Waals surface area contributed by atoms with E-state index in [1.54, 1.807) is 24.2 Å². The number of aliphatic hydroxyl groups excluding tert-OH is 1. The summed E-state index contributed by atoms with van der Waals surface area (Å²) in [6.07, 6.45) is 2.50. The second-order valence-electron chi connectivity index (χ2n) is 5.08. The van der Waals surface area contributed by atoms with E-state index in [1.807, 2.05) is 0 Å². The van der Waals surface area contributed by atoms with Gasteiger partial charge in [-0.3, -0.25) is 14.5 Å². The molecule has 1 fully saturated rings. The van der Waals surface area contributed by atoms with Crippen LogP contribution in [-0.2, 0) is 7.05 Å². The monoisotopic (exact) mass is 279 g/mol. The van der Waals surface area contributed by atoms with Crippen molar-refractivity contribution in [2.24, 2.45) is 7.05 Å². The van der Waals surface area contributed by atoms with E-state index >= 15 is 0 Å². The predicted octanol–water partition coefficient (Wildman–Crippen LogP) is -0.474. The van der Waals surface area contributed by atoms with Crippen LogP contribution in [-0.4, -0.2) is 64.7 Å². The largest absolute Gasteiger partial charge is 0.395 e. The number of carbonyl (C=O) groups is 1. The molecule has 2 rings (SSSR count). The lowest BCUT2D eigenvalue weighted by Gasteiger charge is -2.21. The fraction of sp³-hybridized carbons (Fsp3) is 0.571. The van der Waals surface area contributed by atoms with Gasteiger partial charge in [-0.05, 0) is 19.0 Å². The molecule has 1 aromatic rings. The molecule has 0 aliphatic carbocycles. The number of carbonyl (C=O) groups excluding carboxylic acids is 1. The number of aromatic nitrogens is 1. The van der Waals surface area contributed by atoms with E-state index in [-0.39, 0.29) is 18.1 Å². The van der Waals surface area contributed by atoms with Gasteiger partial charge in [0, 0.05) is 51.1 Å². The van der Waals surface area contributed by atoms with Crippen LogP contribution in [0.25, 0.3) is 0 Å². The molecule has 2 heterocycles. The van der Waals surface area contributed by atoms with Gasteiger partial charge in [-0.1, -0.05) is 0 Å². The number of pyridine rings is 1. The maximum Gasteiger partial charge on any atom is 0.254 e. The Morgan fingerprint density at radius 2 is 2.10 bits per heavy atom. The zero-order valence-corrected chi connectivity index (χ0v) is 11.8. The van der Waals surface area contributed by atoms with Crippen molar-refractivity contribution in [3.8, 4) is 0 Å². The third-order valence-corrected chi connectivity index (χ3v) is 3.64. The number of β-amino-alcohol motifs (C(OH)–C–C–N with tert-alkyl or cyclic N) is 1. The lowest BCUT2D eigenvalue weighted by Crippen LogP contribution is -2.36. The summed E-state index contributed by atoms with van der Waals surface area (Å²) in [7, 11) is 1.66. The third kappa shape index (κ3) is 3.46. The zero-order valence-electron chi connectivity index (χ0n) is 11.8. The number of amides is 1. The van der Waals surface area contributed by atoms with Crippen LogP contribution in [0.3, 0.4) is 0 Å². The van der Waals surface area contributed by atoms with Gasteiger partial charge in [-0.15, -0.1) is 0 Å². The molecule has 0 aromatic carbocycles. The lowest BCUT2D eigenvalue weighted by molar-refractivity contribution is 0.0760. The molecule has 1 aromatic heterocycles. The fourth-order valence-corrected chi connectivity index (χ4v) is 2.40. The topological polar surface area (TPSA) is 65.8 Å². The Kier molecular flexibility index (Phi) is 4.92. The minimum atomic E-state index is -0.174. The molecule has 110 valence electrons. The molecule has 0 bridgehead atoms. The predicted molar refractivity (Wildman–Crippen MR) is 75.7 cm³/mol. The van der Waals surface area contributed by atoms with E-state index in [4.69, 9.17) is 5.11 Å². The third-order valence-electron chi connectivity index (χ3n) is 3.64. The molecule has 1 aliphatic rings. The van der Waals surface area contributed by atoms with E-state index in [1.165, 1.54) is 10.6 Å². The highest BCUT2D eigenvalue weighted by molar-refractivity contribution is 5.94. The van der Waals surface area contributed by atoms with Crippen LogP contribution < -0.4 is 5.56 Å².